The van der Waals surface area contributed by atoms with Crippen LogP contribution in [0.15, 0.2) is 64.7 Å². The minimum atomic E-state index is -0.150. The average molecular weight is 318 g/mol. The molecule has 0 amide bonds. The lowest BCUT2D eigenvalue weighted by molar-refractivity contribution is 0.0948. The summed E-state index contributed by atoms with van der Waals surface area (Å²) >= 11 is 0. The van der Waals surface area contributed by atoms with E-state index >= 15 is 0 Å². The van der Waals surface area contributed by atoms with Gasteiger partial charge in [-0.15, -0.1) is 0 Å². The summed E-state index contributed by atoms with van der Waals surface area (Å²) in [5.74, 6) is 0.850. The molecule has 4 rings (SSSR count). The van der Waals surface area contributed by atoms with Crippen LogP contribution in [0.1, 0.15) is 33.9 Å². The number of Topliss-reactive ketones (excluding diaryl/α,β-unsaturated/α-hetero) is 1. The first kappa shape index (κ1) is 14.6. The fraction of sp³-hybridized carbons (Fsp3) is 0.211. The summed E-state index contributed by atoms with van der Waals surface area (Å²) in [5.41, 5.74) is 2.89. The van der Waals surface area contributed by atoms with Crippen molar-refractivity contribution in [2.75, 3.05) is 13.1 Å². The molecule has 2 aromatic carbocycles. The summed E-state index contributed by atoms with van der Waals surface area (Å²) < 4.78 is 0. The van der Waals surface area contributed by atoms with Gasteiger partial charge in [-0.1, -0.05) is 54.6 Å². The average Bonchev–Trinajstić information content (AvgIpc) is 3.17. The number of hydrazone groups is 1. The molecule has 0 saturated carbocycles. The number of rotatable bonds is 3. The molecule has 0 spiro atoms. The molecule has 2 aliphatic rings. The van der Waals surface area contributed by atoms with E-state index in [1.807, 2.05) is 59.8 Å². The van der Waals surface area contributed by atoms with Gasteiger partial charge >= 0.3 is 0 Å². The maximum Gasteiger partial charge on any atom is 0.215 e. The van der Waals surface area contributed by atoms with Crippen molar-refractivity contribution < 1.29 is 4.79 Å². The highest BCUT2D eigenvalue weighted by Gasteiger charge is 2.31. The molecule has 120 valence electrons. The predicted molar refractivity (Wildman–Crippen MR) is 94.3 cm³/mol. The lowest BCUT2D eigenvalue weighted by Crippen LogP contribution is -2.40. The SMILES string of the molecule is O=C(CC1c2ccccc2C=NN1C1=NCCN1)c1ccccc1. The molecule has 2 heterocycles. The fourth-order valence-corrected chi connectivity index (χ4v) is 3.12. The fourth-order valence-electron chi connectivity index (χ4n) is 3.12. The summed E-state index contributed by atoms with van der Waals surface area (Å²) in [5, 5.41) is 9.64. The Morgan fingerprint density at radius 1 is 1.12 bits per heavy atom. The van der Waals surface area contributed by atoms with Gasteiger partial charge in [0.25, 0.3) is 0 Å². The maximum absolute atomic E-state index is 12.7. The van der Waals surface area contributed by atoms with Crippen LogP contribution in [0.5, 0.6) is 0 Å². The first-order valence-electron chi connectivity index (χ1n) is 8.11. The summed E-state index contributed by atoms with van der Waals surface area (Å²) in [6, 6.07) is 17.3. The quantitative estimate of drug-likeness (QED) is 0.885. The summed E-state index contributed by atoms with van der Waals surface area (Å²) in [7, 11) is 0. The van der Waals surface area contributed by atoms with E-state index in [0.717, 1.165) is 35.7 Å². The van der Waals surface area contributed by atoms with Gasteiger partial charge in [0.15, 0.2) is 5.78 Å². The summed E-state index contributed by atoms with van der Waals surface area (Å²) in [6.07, 6.45) is 2.19. The second kappa shape index (κ2) is 6.28. The number of guanidine groups is 1. The number of aliphatic imine (C=N–C) groups is 1. The third-order valence-electron chi connectivity index (χ3n) is 4.32. The zero-order valence-electron chi connectivity index (χ0n) is 13.2. The highest BCUT2D eigenvalue weighted by atomic mass is 16.1. The van der Waals surface area contributed by atoms with Gasteiger partial charge in [0.2, 0.25) is 5.96 Å². The molecular formula is C19H18N4O. The Bertz CT molecular complexity index is 813. The van der Waals surface area contributed by atoms with Gasteiger partial charge in [0.1, 0.15) is 0 Å². The number of carbonyl (C=O) groups excluding carboxylic acids is 1. The normalized spacial score (nSPS) is 18.8. The maximum atomic E-state index is 12.7. The molecule has 24 heavy (non-hydrogen) atoms. The van der Waals surface area contributed by atoms with Gasteiger partial charge in [-0.25, -0.2) is 10.0 Å². The van der Waals surface area contributed by atoms with E-state index in [1.54, 1.807) is 0 Å². The number of hydrogen-bond acceptors (Lipinski definition) is 5. The van der Waals surface area contributed by atoms with Crippen molar-refractivity contribution in [1.29, 1.82) is 0 Å². The molecule has 2 aromatic rings. The van der Waals surface area contributed by atoms with Crippen LogP contribution < -0.4 is 5.32 Å². The molecule has 0 aromatic heterocycles. The molecule has 5 nitrogen and oxygen atoms in total. The van der Waals surface area contributed by atoms with Gasteiger partial charge in [-0.2, -0.15) is 5.10 Å². The van der Waals surface area contributed by atoms with E-state index in [4.69, 9.17) is 0 Å². The largest absolute Gasteiger partial charge is 0.353 e. The molecule has 1 unspecified atom stereocenters. The van der Waals surface area contributed by atoms with Crippen LogP contribution in [0.25, 0.3) is 0 Å². The Morgan fingerprint density at radius 2 is 1.92 bits per heavy atom. The van der Waals surface area contributed by atoms with Gasteiger partial charge in [0.05, 0.1) is 18.8 Å². The second-order valence-corrected chi connectivity index (χ2v) is 5.86. The molecule has 1 N–H and O–H groups in total. The number of carbonyl (C=O) groups is 1. The van der Waals surface area contributed by atoms with Gasteiger partial charge < -0.3 is 5.32 Å². The van der Waals surface area contributed by atoms with E-state index < -0.39 is 0 Å². The van der Waals surface area contributed by atoms with Crippen LogP contribution in [-0.4, -0.2) is 36.1 Å². The van der Waals surface area contributed by atoms with E-state index in [9.17, 15) is 4.79 Å². The van der Waals surface area contributed by atoms with Gasteiger partial charge in [-0.3, -0.25) is 4.79 Å². The van der Waals surface area contributed by atoms with E-state index in [0.29, 0.717) is 6.42 Å². The Kier molecular flexibility index (Phi) is 3.83. The van der Waals surface area contributed by atoms with Crippen molar-refractivity contribution in [3.05, 3.63) is 71.3 Å². The topological polar surface area (TPSA) is 57.1 Å². The predicted octanol–water partition coefficient (Wildman–Crippen LogP) is 2.61. The number of hydrogen-bond donors (Lipinski definition) is 1. The van der Waals surface area contributed by atoms with Crippen LogP contribution in [0, 0.1) is 0 Å². The highest BCUT2D eigenvalue weighted by molar-refractivity contribution is 5.97. The molecule has 0 radical (unpaired) electrons. The standard InChI is InChI=1S/C19H18N4O/c24-18(14-6-2-1-3-7-14)12-17-16-9-5-4-8-15(16)13-22-23(17)19-20-10-11-21-19/h1-9,13,17H,10-12H2,(H,20,21). The zero-order valence-corrected chi connectivity index (χ0v) is 13.2. The Balaban J connectivity index is 1.68. The Hall–Kier alpha value is -2.95. The monoisotopic (exact) mass is 318 g/mol. The van der Waals surface area contributed by atoms with Gasteiger partial charge in [-0.05, 0) is 11.1 Å². The molecule has 0 saturated heterocycles. The van der Waals surface area contributed by atoms with Crippen LogP contribution >= 0.6 is 0 Å². The number of benzene rings is 2. The first-order valence-corrected chi connectivity index (χ1v) is 8.11. The molecule has 0 aliphatic carbocycles. The summed E-state index contributed by atoms with van der Waals surface area (Å²) in [4.78, 5) is 17.2. The minimum Gasteiger partial charge on any atom is -0.353 e. The molecule has 0 fully saturated rings. The van der Waals surface area contributed by atoms with Crippen LogP contribution in [-0.2, 0) is 0 Å². The second-order valence-electron chi connectivity index (χ2n) is 5.86. The number of nitrogens with zero attached hydrogens (tertiary/aromatic N) is 3. The van der Waals surface area contributed by atoms with Crippen molar-refractivity contribution in [2.45, 2.75) is 12.5 Å². The van der Waals surface area contributed by atoms with E-state index in [-0.39, 0.29) is 11.8 Å². The summed E-state index contributed by atoms with van der Waals surface area (Å²) in [6.45, 7) is 1.55. The van der Waals surface area contributed by atoms with E-state index in [1.165, 1.54) is 0 Å². The Morgan fingerprint density at radius 3 is 2.71 bits per heavy atom. The third-order valence-corrected chi connectivity index (χ3v) is 4.32. The Labute approximate surface area is 140 Å². The van der Waals surface area contributed by atoms with Gasteiger partial charge in [0, 0.05) is 18.5 Å². The highest BCUT2D eigenvalue weighted by Crippen LogP contribution is 2.32. The lowest BCUT2D eigenvalue weighted by Gasteiger charge is -2.32. The molecule has 5 heteroatoms. The third kappa shape index (κ3) is 2.69. The number of fused-ring (bicyclic) bond motifs is 1. The van der Waals surface area contributed by atoms with Crippen molar-refractivity contribution >= 4 is 18.0 Å². The smallest absolute Gasteiger partial charge is 0.215 e. The lowest BCUT2D eigenvalue weighted by atomic mass is 9.93. The van der Waals surface area contributed by atoms with Crippen molar-refractivity contribution in [2.24, 2.45) is 10.1 Å². The van der Waals surface area contributed by atoms with E-state index in [2.05, 4.69) is 21.5 Å². The van der Waals surface area contributed by atoms with Crippen LogP contribution in [0.2, 0.25) is 0 Å². The van der Waals surface area contributed by atoms with Crippen LogP contribution in [0.3, 0.4) is 0 Å². The zero-order chi connectivity index (χ0) is 16.4. The number of ketones is 1. The van der Waals surface area contributed by atoms with Crippen molar-refractivity contribution in [3.63, 3.8) is 0 Å². The molecule has 2 aliphatic heterocycles. The molecular weight excluding hydrogens is 300 g/mol. The molecule has 0 bridgehead atoms. The minimum absolute atomic E-state index is 0.108. The van der Waals surface area contributed by atoms with Crippen molar-refractivity contribution in [1.82, 2.24) is 10.3 Å². The van der Waals surface area contributed by atoms with Crippen molar-refractivity contribution in [3.8, 4) is 0 Å². The molecule has 1 atom stereocenters. The van der Waals surface area contributed by atoms with Crippen LogP contribution in [0.4, 0.5) is 0 Å². The number of nitrogens with one attached hydrogen (secondary N) is 1. The first-order chi connectivity index (χ1) is 11.8.